The van der Waals surface area contributed by atoms with Gasteiger partial charge >= 0.3 is 0 Å². The van der Waals surface area contributed by atoms with Crippen LogP contribution in [0.3, 0.4) is 0 Å². The highest BCUT2D eigenvalue weighted by atomic mass is 16.5. The molecule has 6 nitrogen and oxygen atoms in total. The topological polar surface area (TPSA) is 76.7 Å². The number of ether oxygens (including phenoxy) is 2. The fraction of sp³-hybridized carbons (Fsp3) is 0.200. The summed E-state index contributed by atoms with van der Waals surface area (Å²) in [6.45, 7) is 3.76. The Kier molecular flexibility index (Phi) is 7.65. The summed E-state index contributed by atoms with van der Waals surface area (Å²) in [5.41, 5.74) is 7.29. The maximum atomic E-state index is 12.3. The van der Waals surface area contributed by atoms with E-state index >= 15 is 0 Å². The van der Waals surface area contributed by atoms with Gasteiger partial charge in [0, 0.05) is 5.56 Å². The first-order chi connectivity index (χ1) is 15.0. The van der Waals surface area contributed by atoms with Gasteiger partial charge in [-0.1, -0.05) is 55.5 Å². The van der Waals surface area contributed by atoms with E-state index in [1.54, 1.807) is 36.4 Å². The van der Waals surface area contributed by atoms with Crippen molar-refractivity contribution >= 4 is 11.8 Å². The molecule has 2 N–H and O–H groups in total. The molecule has 0 aliphatic carbocycles. The first-order valence-corrected chi connectivity index (χ1v) is 10.2. The maximum Gasteiger partial charge on any atom is 0.276 e. The average molecular weight is 418 g/mol. The second-order valence-corrected chi connectivity index (χ2v) is 7.05. The number of rotatable bonds is 8. The third-order valence-electron chi connectivity index (χ3n) is 4.66. The molecule has 3 rings (SSSR count). The molecule has 1 atom stereocenters. The molecule has 0 aliphatic rings. The minimum absolute atomic E-state index is 0.0527. The number of hydrogen-bond acceptors (Lipinski definition) is 4. The van der Waals surface area contributed by atoms with Crippen LogP contribution in [0.25, 0.3) is 11.1 Å². The Bertz CT molecular complexity index is 1000. The molecule has 0 fully saturated rings. The lowest BCUT2D eigenvalue weighted by Crippen LogP contribution is -2.43. The van der Waals surface area contributed by atoms with Gasteiger partial charge in [-0.25, -0.2) is 0 Å². The summed E-state index contributed by atoms with van der Waals surface area (Å²) >= 11 is 0. The van der Waals surface area contributed by atoms with Crippen molar-refractivity contribution in [3.05, 3.63) is 84.4 Å². The Hall–Kier alpha value is -3.80. The number of carbonyl (C=O) groups is 2. The normalized spacial score (nSPS) is 11.3. The van der Waals surface area contributed by atoms with E-state index in [0.717, 1.165) is 17.5 Å². The molecule has 0 aliphatic heterocycles. The zero-order valence-corrected chi connectivity index (χ0v) is 17.6. The molecule has 31 heavy (non-hydrogen) atoms. The Labute approximate surface area is 182 Å². The molecule has 6 heteroatoms. The van der Waals surface area contributed by atoms with Crippen molar-refractivity contribution in [3.8, 4) is 22.6 Å². The summed E-state index contributed by atoms with van der Waals surface area (Å²) in [6, 6.07) is 24.3. The summed E-state index contributed by atoms with van der Waals surface area (Å²) < 4.78 is 11.2. The molecule has 0 saturated carbocycles. The highest BCUT2D eigenvalue weighted by molar-refractivity contribution is 5.95. The lowest BCUT2D eigenvalue weighted by molar-refractivity contribution is -0.123. The van der Waals surface area contributed by atoms with Crippen LogP contribution in [0.15, 0.2) is 78.9 Å². The largest absolute Gasteiger partial charge is 0.491 e. The Morgan fingerprint density at radius 3 is 2.26 bits per heavy atom. The van der Waals surface area contributed by atoms with E-state index in [1.165, 1.54) is 0 Å². The number of amides is 2. The standard InChI is InChI=1S/C25H26N2O4/c1-3-18(2)31-23-11-7-10-21(16-23)25(29)27-26-24(28)17-30-22-14-12-20(13-15-22)19-8-5-4-6-9-19/h4-16,18H,3,17H2,1-2H3,(H,26,28)(H,27,29). The van der Waals surface area contributed by atoms with Gasteiger partial charge in [-0.15, -0.1) is 0 Å². The van der Waals surface area contributed by atoms with Crippen molar-refractivity contribution in [1.29, 1.82) is 0 Å². The number of hydrazine groups is 1. The SMILES string of the molecule is CCC(C)Oc1cccc(C(=O)NNC(=O)COc2ccc(-c3ccccc3)cc2)c1. The van der Waals surface area contributed by atoms with Gasteiger partial charge in [0.25, 0.3) is 11.8 Å². The van der Waals surface area contributed by atoms with Gasteiger partial charge in [-0.05, 0) is 54.8 Å². The quantitative estimate of drug-likeness (QED) is 0.533. The predicted molar refractivity (Wildman–Crippen MR) is 120 cm³/mol. The molecular formula is C25H26N2O4. The van der Waals surface area contributed by atoms with Gasteiger partial charge in [0.15, 0.2) is 6.61 Å². The summed E-state index contributed by atoms with van der Waals surface area (Å²) in [5.74, 6) is 0.273. The summed E-state index contributed by atoms with van der Waals surface area (Å²) in [7, 11) is 0. The Morgan fingerprint density at radius 2 is 1.55 bits per heavy atom. The van der Waals surface area contributed by atoms with Crippen molar-refractivity contribution in [2.45, 2.75) is 26.4 Å². The van der Waals surface area contributed by atoms with Gasteiger partial charge in [0.2, 0.25) is 0 Å². The number of nitrogens with one attached hydrogen (secondary N) is 2. The fourth-order valence-corrected chi connectivity index (χ4v) is 2.78. The molecule has 0 bridgehead atoms. The summed E-state index contributed by atoms with van der Waals surface area (Å²) in [4.78, 5) is 24.3. The van der Waals surface area contributed by atoms with E-state index in [2.05, 4.69) is 10.9 Å². The third kappa shape index (κ3) is 6.60. The van der Waals surface area contributed by atoms with Crippen LogP contribution < -0.4 is 20.3 Å². The molecule has 0 spiro atoms. The summed E-state index contributed by atoms with van der Waals surface area (Å²) in [5, 5.41) is 0. The van der Waals surface area contributed by atoms with E-state index in [0.29, 0.717) is 17.1 Å². The highest BCUT2D eigenvalue weighted by Gasteiger charge is 2.10. The van der Waals surface area contributed by atoms with Gasteiger partial charge < -0.3 is 9.47 Å². The minimum atomic E-state index is -0.465. The van der Waals surface area contributed by atoms with Crippen LogP contribution in [0.5, 0.6) is 11.5 Å². The van der Waals surface area contributed by atoms with Gasteiger partial charge in [0.1, 0.15) is 11.5 Å². The molecule has 0 saturated heterocycles. The van der Waals surface area contributed by atoms with E-state index < -0.39 is 11.8 Å². The van der Waals surface area contributed by atoms with Crippen LogP contribution in [0.1, 0.15) is 30.6 Å². The van der Waals surface area contributed by atoms with Gasteiger partial charge in [-0.3, -0.25) is 20.4 Å². The monoisotopic (exact) mass is 418 g/mol. The van der Waals surface area contributed by atoms with E-state index in [-0.39, 0.29) is 12.7 Å². The molecular weight excluding hydrogens is 392 g/mol. The van der Waals surface area contributed by atoms with Crippen LogP contribution in [0.2, 0.25) is 0 Å². The van der Waals surface area contributed by atoms with E-state index in [9.17, 15) is 9.59 Å². The van der Waals surface area contributed by atoms with Crippen molar-refractivity contribution in [2.75, 3.05) is 6.61 Å². The van der Waals surface area contributed by atoms with E-state index in [1.807, 2.05) is 56.3 Å². The van der Waals surface area contributed by atoms with Crippen molar-refractivity contribution in [2.24, 2.45) is 0 Å². The number of carbonyl (C=O) groups excluding carboxylic acids is 2. The fourth-order valence-electron chi connectivity index (χ4n) is 2.78. The Morgan fingerprint density at radius 1 is 0.839 bits per heavy atom. The van der Waals surface area contributed by atoms with Crippen LogP contribution in [-0.2, 0) is 4.79 Å². The second-order valence-electron chi connectivity index (χ2n) is 7.05. The number of benzene rings is 3. The smallest absolute Gasteiger partial charge is 0.276 e. The van der Waals surface area contributed by atoms with Crippen molar-refractivity contribution in [3.63, 3.8) is 0 Å². The minimum Gasteiger partial charge on any atom is -0.491 e. The molecule has 1 unspecified atom stereocenters. The molecule has 0 radical (unpaired) electrons. The van der Waals surface area contributed by atoms with Gasteiger partial charge in [-0.2, -0.15) is 0 Å². The van der Waals surface area contributed by atoms with Crippen LogP contribution in [-0.4, -0.2) is 24.5 Å². The zero-order chi connectivity index (χ0) is 22.1. The zero-order valence-electron chi connectivity index (χ0n) is 17.6. The average Bonchev–Trinajstić information content (AvgIpc) is 2.82. The van der Waals surface area contributed by atoms with Crippen LogP contribution in [0.4, 0.5) is 0 Å². The molecule has 3 aromatic carbocycles. The number of hydrogen-bond donors (Lipinski definition) is 2. The lowest BCUT2D eigenvalue weighted by atomic mass is 10.1. The lowest BCUT2D eigenvalue weighted by Gasteiger charge is -2.13. The van der Waals surface area contributed by atoms with E-state index in [4.69, 9.17) is 9.47 Å². The Balaban J connectivity index is 1.46. The predicted octanol–water partition coefficient (Wildman–Crippen LogP) is 4.37. The van der Waals surface area contributed by atoms with Crippen molar-refractivity contribution < 1.29 is 19.1 Å². The third-order valence-corrected chi connectivity index (χ3v) is 4.66. The molecule has 2 amide bonds. The van der Waals surface area contributed by atoms with Gasteiger partial charge in [0.05, 0.1) is 6.10 Å². The maximum absolute atomic E-state index is 12.3. The summed E-state index contributed by atoms with van der Waals surface area (Å²) in [6.07, 6.45) is 0.915. The highest BCUT2D eigenvalue weighted by Crippen LogP contribution is 2.22. The molecule has 160 valence electrons. The molecule has 3 aromatic rings. The van der Waals surface area contributed by atoms with Crippen molar-refractivity contribution in [1.82, 2.24) is 10.9 Å². The second kappa shape index (κ2) is 10.8. The van der Waals surface area contributed by atoms with Crippen LogP contribution in [0, 0.1) is 0 Å². The first kappa shape index (κ1) is 21.9. The first-order valence-electron chi connectivity index (χ1n) is 10.2. The van der Waals surface area contributed by atoms with Crippen LogP contribution >= 0.6 is 0 Å². The molecule has 0 heterocycles. The molecule has 0 aromatic heterocycles.